The molecule has 0 unspecified atom stereocenters. The first-order chi connectivity index (χ1) is 27.3. The maximum atomic E-state index is 12.6. The number of hydrogen-bond acceptors (Lipinski definition) is 1. The molecule has 0 saturated heterocycles. The van der Waals surface area contributed by atoms with Gasteiger partial charge in [-0.3, -0.25) is 0 Å². The summed E-state index contributed by atoms with van der Waals surface area (Å²) in [7, 11) is 0. The van der Waals surface area contributed by atoms with Crippen LogP contribution in [0.3, 0.4) is 0 Å². The van der Waals surface area contributed by atoms with Gasteiger partial charge in [0.1, 0.15) is 11.6 Å². The lowest BCUT2D eigenvalue weighted by atomic mass is 10.1. The molecule has 0 saturated carbocycles. The molecule has 0 atom stereocenters. The average molecular weight is 836 g/mol. The van der Waals surface area contributed by atoms with Gasteiger partial charge in [-0.05, 0) is 164 Å². The fourth-order valence-corrected chi connectivity index (χ4v) is 4.61. The summed E-state index contributed by atoms with van der Waals surface area (Å²) in [5.41, 5.74) is 13.1. The monoisotopic (exact) mass is 834 g/mol. The molecule has 0 amide bonds. The molecule has 1 nitrogen and oxygen atoms in total. The van der Waals surface area contributed by atoms with Crippen LogP contribution in [0.1, 0.15) is 82.0 Å². The maximum absolute atomic E-state index is 12.6. The number of para-hydroxylation sites is 1. The van der Waals surface area contributed by atoms with Gasteiger partial charge in [-0.15, -0.1) is 0 Å². The first kappa shape index (κ1) is 54.1. The number of hydrogen-bond donors (Lipinski definition) is 0. The molecule has 0 spiro atoms. The van der Waals surface area contributed by atoms with E-state index in [1.54, 1.807) is 38.1 Å². The lowest BCUT2D eigenvalue weighted by Crippen LogP contribution is -2.19. The predicted octanol–water partition coefficient (Wildman–Crippen LogP) is 17.0. The molecule has 0 N–H and O–H groups in total. The van der Waals surface area contributed by atoms with Crippen LogP contribution < -0.4 is 4.74 Å². The second-order valence-corrected chi connectivity index (χ2v) is 15.0. The van der Waals surface area contributed by atoms with Crippen molar-refractivity contribution in [3.8, 4) is 5.75 Å². The van der Waals surface area contributed by atoms with Gasteiger partial charge in [0.15, 0.2) is 0 Å². The van der Waals surface area contributed by atoms with Crippen LogP contribution in [0.4, 0.5) is 22.0 Å². The Hall–Kier alpha value is -4.94. The van der Waals surface area contributed by atoms with Gasteiger partial charge >= 0.3 is 6.11 Å². The van der Waals surface area contributed by atoms with Crippen LogP contribution in [0, 0.1) is 82.0 Å². The average Bonchev–Trinajstić information content (AvgIpc) is 3.14. The van der Waals surface area contributed by atoms with Gasteiger partial charge in [0.2, 0.25) is 5.92 Å². The Morgan fingerprint density at radius 1 is 0.390 bits per heavy atom. The highest BCUT2D eigenvalue weighted by Gasteiger charge is 2.23. The highest BCUT2D eigenvalue weighted by molar-refractivity contribution is 6.31. The van der Waals surface area contributed by atoms with Crippen LogP contribution in [-0.4, -0.2) is 12.0 Å². The number of alkyl halides is 4. The molecule has 0 fully saturated rings. The van der Waals surface area contributed by atoms with Crippen LogP contribution in [0.5, 0.6) is 5.75 Å². The van der Waals surface area contributed by atoms with E-state index < -0.39 is 12.0 Å². The highest BCUT2D eigenvalue weighted by atomic mass is 35.5. The fraction of sp³-hybridized carbons (Fsp3) is 0.308. The minimum absolute atomic E-state index is 0.116. The predicted molar refractivity (Wildman–Crippen MR) is 243 cm³/mol. The van der Waals surface area contributed by atoms with Gasteiger partial charge in [0.25, 0.3) is 0 Å². The van der Waals surface area contributed by atoms with Crippen molar-refractivity contribution in [2.75, 3.05) is 0 Å². The van der Waals surface area contributed by atoms with Gasteiger partial charge in [-0.1, -0.05) is 132 Å². The van der Waals surface area contributed by atoms with Crippen molar-refractivity contribution in [2.24, 2.45) is 0 Å². The minimum Gasteiger partial charge on any atom is -0.433 e. The van der Waals surface area contributed by atoms with Crippen LogP contribution in [0.25, 0.3) is 0 Å². The van der Waals surface area contributed by atoms with E-state index in [1.807, 2.05) is 50.2 Å². The molecule has 0 radical (unpaired) electrons. The van der Waals surface area contributed by atoms with Crippen molar-refractivity contribution in [3.63, 3.8) is 0 Å². The molecule has 0 aliphatic carbocycles. The van der Waals surface area contributed by atoms with Crippen molar-refractivity contribution in [1.29, 1.82) is 0 Å². The SMILES string of the molecule is CC(C)(F)F.Cc1cccc(C)c1C.Cc1cccc(Cl)c1C.Cc1cccc(F)c1C.Cc1ccccc1.Cc1ccccc1C.Cc1ccccc1OC(C)(F)F. The molecule has 59 heavy (non-hydrogen) atoms. The molecule has 6 aromatic carbocycles. The molecule has 0 heterocycles. The maximum Gasteiger partial charge on any atom is 0.394 e. The third-order valence-electron chi connectivity index (χ3n) is 8.70. The zero-order valence-corrected chi connectivity index (χ0v) is 38.1. The van der Waals surface area contributed by atoms with E-state index in [4.69, 9.17) is 11.6 Å². The van der Waals surface area contributed by atoms with E-state index in [1.165, 1.54) is 56.6 Å². The standard InChI is InChI=1S/C9H10F2O.C9H12.C8H9Cl.C8H9F.C8H10.C7H8.C3H6F2/c1-7-5-3-4-6-8(7)12-9(2,10)11;1-7-5-4-6-8(2)9(7)3;2*1-6-4-3-5-8(9)7(6)2;1-7-5-3-4-6-8(7)2;1-7-5-3-2-4-6-7;1-3(2,4)5/h3-6H,1-2H3;4-6H,1-3H3;2*3-5H,1-2H3;3-6H,1-2H3;2-6H,1H3;1-2H3. The number of ether oxygens (including phenoxy) is 1. The van der Waals surface area contributed by atoms with Gasteiger partial charge in [-0.25, -0.2) is 13.2 Å². The van der Waals surface area contributed by atoms with Crippen molar-refractivity contribution in [2.45, 2.75) is 109 Å². The number of aryl methyl sites for hydroxylation is 8. The zero-order chi connectivity index (χ0) is 45.3. The van der Waals surface area contributed by atoms with Crippen LogP contribution >= 0.6 is 11.6 Å². The Labute approximate surface area is 357 Å². The lowest BCUT2D eigenvalue weighted by Gasteiger charge is -2.14. The summed E-state index contributed by atoms with van der Waals surface area (Å²) in [6.45, 7) is 24.7. The Kier molecular flexibility index (Phi) is 25.4. The summed E-state index contributed by atoms with van der Waals surface area (Å²) >= 11 is 5.81. The van der Waals surface area contributed by atoms with Crippen LogP contribution in [-0.2, 0) is 0 Å². The smallest absolute Gasteiger partial charge is 0.394 e. The second kappa shape index (κ2) is 27.7. The lowest BCUT2D eigenvalue weighted by molar-refractivity contribution is -0.159. The fourth-order valence-electron chi connectivity index (χ4n) is 4.39. The number of halogens is 6. The van der Waals surface area contributed by atoms with E-state index in [0.29, 0.717) is 5.56 Å². The third kappa shape index (κ3) is 26.6. The van der Waals surface area contributed by atoms with Crippen molar-refractivity contribution < 1.29 is 26.7 Å². The Morgan fingerprint density at radius 2 is 0.729 bits per heavy atom. The summed E-state index contributed by atoms with van der Waals surface area (Å²) in [4.78, 5) is 0. The topological polar surface area (TPSA) is 9.23 Å². The Morgan fingerprint density at radius 3 is 1.03 bits per heavy atom. The van der Waals surface area contributed by atoms with Crippen molar-refractivity contribution >= 4 is 11.6 Å². The van der Waals surface area contributed by atoms with Crippen LogP contribution in [0.2, 0.25) is 5.02 Å². The van der Waals surface area contributed by atoms with Crippen molar-refractivity contribution in [1.82, 2.24) is 0 Å². The van der Waals surface area contributed by atoms with E-state index in [2.05, 4.69) is 114 Å². The first-order valence-corrected chi connectivity index (χ1v) is 19.7. The summed E-state index contributed by atoms with van der Waals surface area (Å²) in [5, 5.41) is 0.856. The molecule has 0 aliphatic rings. The normalized spacial score (nSPS) is 10.0. The molecule has 6 rings (SSSR count). The molecule has 6 aromatic rings. The van der Waals surface area contributed by atoms with Gasteiger partial charge in [-0.2, -0.15) is 8.78 Å². The van der Waals surface area contributed by atoms with E-state index >= 15 is 0 Å². The van der Waals surface area contributed by atoms with E-state index in [0.717, 1.165) is 36.9 Å². The Balaban J connectivity index is 0.000000673. The zero-order valence-electron chi connectivity index (χ0n) is 37.4. The van der Waals surface area contributed by atoms with Crippen LogP contribution in [0.15, 0.2) is 133 Å². The molecule has 320 valence electrons. The first-order valence-electron chi connectivity index (χ1n) is 19.3. The quantitative estimate of drug-likeness (QED) is 0.158. The molecule has 7 heteroatoms. The molecular formula is C52H64ClF5O. The van der Waals surface area contributed by atoms with Gasteiger partial charge < -0.3 is 4.74 Å². The summed E-state index contributed by atoms with van der Waals surface area (Å²) in [6.07, 6.45) is -3.11. The summed E-state index contributed by atoms with van der Waals surface area (Å²) in [6, 6.07) is 42.7. The number of benzene rings is 6. The highest BCUT2D eigenvalue weighted by Crippen LogP contribution is 2.24. The molecule has 0 bridgehead atoms. The van der Waals surface area contributed by atoms with Crippen molar-refractivity contribution in [3.05, 3.63) is 205 Å². The largest absolute Gasteiger partial charge is 0.433 e. The van der Waals surface area contributed by atoms with E-state index in [-0.39, 0.29) is 11.6 Å². The third-order valence-corrected chi connectivity index (χ3v) is 9.11. The molecule has 0 aliphatic heterocycles. The van der Waals surface area contributed by atoms with E-state index in [9.17, 15) is 22.0 Å². The molecule has 0 aromatic heterocycles. The summed E-state index contributed by atoms with van der Waals surface area (Å²) < 4.78 is 63.8. The van der Waals surface area contributed by atoms with Gasteiger partial charge in [0.05, 0.1) is 0 Å². The summed E-state index contributed by atoms with van der Waals surface area (Å²) in [5.74, 6) is -2.39. The molecular weight excluding hydrogens is 771 g/mol. The minimum atomic E-state index is -3.11. The van der Waals surface area contributed by atoms with Gasteiger partial charge in [0, 0.05) is 11.9 Å². The Bertz CT molecular complexity index is 1860. The second-order valence-electron chi connectivity index (χ2n) is 14.6. The number of rotatable bonds is 2.